The number of rotatable bonds is 13. The average Bonchev–Trinajstić information content (AvgIpc) is 3.06. The molecule has 2 aromatic rings. The minimum Gasteiger partial charge on any atom is -0.469 e. The number of aliphatic hydroxyl groups excluding tert-OH is 1. The highest BCUT2D eigenvalue weighted by Gasteiger charge is 2.52. The van der Waals surface area contributed by atoms with Gasteiger partial charge in [-0.3, -0.25) is 4.79 Å². The molecule has 6 nitrogen and oxygen atoms in total. The predicted molar refractivity (Wildman–Crippen MR) is 191 cm³/mol. The second-order valence-electron chi connectivity index (χ2n) is 14.7. The molecule has 0 saturated carbocycles. The Morgan fingerprint density at radius 1 is 0.957 bits per heavy atom. The van der Waals surface area contributed by atoms with Crippen LogP contribution < -0.4 is 10.4 Å². The largest absolute Gasteiger partial charge is 0.469 e. The maximum atomic E-state index is 12.5. The monoisotopic (exact) mass is 660 g/mol. The summed E-state index contributed by atoms with van der Waals surface area (Å²) in [6.07, 6.45) is 15.0. The zero-order valence-electron chi connectivity index (χ0n) is 29.3. The van der Waals surface area contributed by atoms with Crippen LogP contribution in [0.5, 0.6) is 0 Å². The number of ether oxygens (including phenoxy) is 3. The quantitative estimate of drug-likeness (QED) is 0.113. The fraction of sp³-hybridized carbons (Fsp3) is 0.575. The van der Waals surface area contributed by atoms with E-state index in [9.17, 15) is 9.90 Å². The lowest BCUT2D eigenvalue weighted by molar-refractivity contribution is -0.154. The van der Waals surface area contributed by atoms with E-state index in [0.29, 0.717) is 12.3 Å². The smallest absolute Gasteiger partial charge is 0.308 e. The first kappa shape index (κ1) is 37.1. The summed E-state index contributed by atoms with van der Waals surface area (Å²) in [4.78, 5) is 12.5. The van der Waals surface area contributed by atoms with Gasteiger partial charge >= 0.3 is 5.97 Å². The minimum absolute atomic E-state index is 0.0807. The summed E-state index contributed by atoms with van der Waals surface area (Å²) in [5.41, 5.74) is 0. The molecule has 7 heteroatoms. The average molecular weight is 661 g/mol. The first-order valence-corrected chi connectivity index (χ1v) is 19.3. The van der Waals surface area contributed by atoms with E-state index in [1.165, 1.54) is 17.5 Å². The molecule has 4 rings (SSSR count). The molecule has 2 fully saturated rings. The number of aliphatic hydroxyl groups is 1. The third-order valence-corrected chi connectivity index (χ3v) is 14.9. The highest BCUT2D eigenvalue weighted by molar-refractivity contribution is 6.99. The summed E-state index contributed by atoms with van der Waals surface area (Å²) >= 11 is 0. The summed E-state index contributed by atoms with van der Waals surface area (Å²) in [7, 11) is -1.35. The van der Waals surface area contributed by atoms with Crippen molar-refractivity contribution in [3.63, 3.8) is 0 Å². The highest BCUT2D eigenvalue weighted by Crippen LogP contribution is 2.40. The summed E-state index contributed by atoms with van der Waals surface area (Å²) < 4.78 is 25.9. The maximum absolute atomic E-state index is 12.5. The van der Waals surface area contributed by atoms with Gasteiger partial charge in [-0.2, -0.15) is 0 Å². The van der Waals surface area contributed by atoms with E-state index in [-0.39, 0.29) is 53.9 Å². The third kappa shape index (κ3) is 9.90. The van der Waals surface area contributed by atoms with Crippen molar-refractivity contribution in [2.45, 2.75) is 128 Å². The van der Waals surface area contributed by atoms with Gasteiger partial charge in [0.25, 0.3) is 8.32 Å². The van der Waals surface area contributed by atoms with Gasteiger partial charge in [-0.05, 0) is 66.3 Å². The Morgan fingerprint density at radius 2 is 1.53 bits per heavy atom. The van der Waals surface area contributed by atoms with Gasteiger partial charge in [-0.15, -0.1) is 6.42 Å². The van der Waals surface area contributed by atoms with Gasteiger partial charge in [-0.25, -0.2) is 0 Å². The van der Waals surface area contributed by atoms with E-state index in [4.69, 9.17) is 25.1 Å². The van der Waals surface area contributed by atoms with Crippen LogP contribution in [0.3, 0.4) is 0 Å². The van der Waals surface area contributed by atoms with Crippen LogP contribution in [0.4, 0.5) is 0 Å². The molecule has 0 aliphatic carbocycles. The zero-order chi connectivity index (χ0) is 34.0. The molecular formula is C40H56O6Si. The SMILES string of the molecule is C#C[C@H](O)[C@@H](C)/C=C/[C@H](C)C[C@H]1CCC[C@@H](C[C@H]2C[C@@H](O[Si](c3ccccc3)(c3ccccc3)C(C)(C)C)C[C@@H](CC(=O)OC)O2)O1. The number of carbonyl (C=O) groups is 1. The number of methoxy groups -OCH3 is 1. The van der Waals surface area contributed by atoms with E-state index < -0.39 is 14.4 Å². The first-order valence-electron chi connectivity index (χ1n) is 17.4. The number of allylic oxidation sites excluding steroid dienone is 1. The zero-order valence-corrected chi connectivity index (χ0v) is 30.3. The molecule has 256 valence electrons. The van der Waals surface area contributed by atoms with Crippen molar-refractivity contribution in [3.05, 3.63) is 72.8 Å². The van der Waals surface area contributed by atoms with Gasteiger partial charge in [0.2, 0.25) is 0 Å². The first-order chi connectivity index (χ1) is 22.4. The Hall–Kier alpha value is -2.73. The van der Waals surface area contributed by atoms with Crippen LogP contribution in [0.2, 0.25) is 5.04 Å². The van der Waals surface area contributed by atoms with Crippen LogP contribution in [0.15, 0.2) is 72.8 Å². The van der Waals surface area contributed by atoms with Crippen molar-refractivity contribution in [1.82, 2.24) is 0 Å². The standard InChI is InChI=1S/C40H56O6Si/c1-8-38(41)30(3)23-22-29(2)24-31-16-15-17-32(44-31)25-33-26-35(27-34(45-33)28-39(42)43-7)46-47(40(4,5)6,36-18-11-9-12-19-36)37-20-13-10-14-21-37/h1,9-14,18-23,29-35,38,41H,15-17,24-28H2,2-7H3/b23-22+/t29-,30-,31+,32-,33-,34-,35+,38-/m0/s1. The number of hydrogen-bond acceptors (Lipinski definition) is 6. The summed E-state index contributed by atoms with van der Waals surface area (Å²) in [5.74, 6) is 2.37. The molecule has 2 aromatic carbocycles. The predicted octanol–water partition coefficient (Wildman–Crippen LogP) is 6.58. The van der Waals surface area contributed by atoms with Crippen molar-refractivity contribution < 1.29 is 28.5 Å². The van der Waals surface area contributed by atoms with Gasteiger partial charge in [0, 0.05) is 5.92 Å². The van der Waals surface area contributed by atoms with Crippen LogP contribution in [-0.2, 0) is 23.4 Å². The lowest BCUT2D eigenvalue weighted by Gasteiger charge is -2.47. The molecule has 0 radical (unpaired) electrons. The molecule has 47 heavy (non-hydrogen) atoms. The van der Waals surface area contributed by atoms with Crippen molar-refractivity contribution in [1.29, 1.82) is 0 Å². The Bertz CT molecular complexity index is 1280. The number of benzene rings is 2. The molecule has 0 amide bonds. The number of esters is 1. The number of terminal acetylenes is 1. The Kier molecular flexibility index (Phi) is 13.5. The van der Waals surface area contributed by atoms with Crippen LogP contribution >= 0.6 is 0 Å². The molecular weight excluding hydrogens is 605 g/mol. The van der Waals surface area contributed by atoms with Gasteiger partial charge in [0.1, 0.15) is 6.10 Å². The van der Waals surface area contributed by atoms with E-state index in [0.717, 1.165) is 38.5 Å². The summed E-state index contributed by atoms with van der Waals surface area (Å²) in [6, 6.07) is 21.4. The molecule has 2 saturated heterocycles. The van der Waals surface area contributed by atoms with E-state index in [1.807, 2.05) is 13.0 Å². The molecule has 2 heterocycles. The van der Waals surface area contributed by atoms with Crippen molar-refractivity contribution in [2.24, 2.45) is 11.8 Å². The summed E-state index contributed by atoms with van der Waals surface area (Å²) in [6.45, 7) is 11.0. The van der Waals surface area contributed by atoms with Crippen molar-refractivity contribution >= 4 is 24.7 Å². The van der Waals surface area contributed by atoms with E-state index in [2.05, 4.69) is 100 Å². The van der Waals surface area contributed by atoms with Crippen molar-refractivity contribution in [3.8, 4) is 12.3 Å². The molecule has 2 aliphatic rings. The normalized spacial score (nSPS) is 25.9. The van der Waals surface area contributed by atoms with Gasteiger partial charge in [0.15, 0.2) is 0 Å². The van der Waals surface area contributed by atoms with Crippen LogP contribution in [0, 0.1) is 24.2 Å². The van der Waals surface area contributed by atoms with Crippen LogP contribution in [0.25, 0.3) is 0 Å². The molecule has 1 N–H and O–H groups in total. The minimum atomic E-state index is -2.79. The topological polar surface area (TPSA) is 74.2 Å². The molecule has 0 bridgehead atoms. The fourth-order valence-corrected chi connectivity index (χ4v) is 12.1. The Morgan fingerprint density at radius 3 is 2.11 bits per heavy atom. The maximum Gasteiger partial charge on any atom is 0.308 e. The lowest BCUT2D eigenvalue weighted by Crippen LogP contribution is -2.68. The second kappa shape index (κ2) is 17.1. The molecule has 0 aromatic heterocycles. The molecule has 8 atom stereocenters. The number of hydrogen-bond donors (Lipinski definition) is 1. The lowest BCUT2D eigenvalue weighted by atomic mass is 9.91. The van der Waals surface area contributed by atoms with Gasteiger partial charge < -0.3 is 23.7 Å². The van der Waals surface area contributed by atoms with Crippen LogP contribution in [-0.4, -0.2) is 63.1 Å². The molecule has 0 unspecified atom stereocenters. The second-order valence-corrected chi connectivity index (χ2v) is 18.9. The van der Waals surface area contributed by atoms with E-state index >= 15 is 0 Å². The van der Waals surface area contributed by atoms with E-state index in [1.54, 1.807) is 0 Å². The summed E-state index contributed by atoms with van der Waals surface area (Å²) in [5, 5.41) is 12.3. The molecule has 2 aliphatic heterocycles. The highest BCUT2D eigenvalue weighted by atomic mass is 28.4. The van der Waals surface area contributed by atoms with Gasteiger partial charge in [-0.1, -0.05) is 113 Å². The fourth-order valence-electron chi connectivity index (χ4n) is 7.39. The Labute approximate surface area is 284 Å². The Balaban J connectivity index is 1.53. The van der Waals surface area contributed by atoms with Crippen LogP contribution in [0.1, 0.15) is 86.0 Å². The molecule has 0 spiro atoms. The third-order valence-electron chi connectivity index (χ3n) is 9.83. The van der Waals surface area contributed by atoms with Crippen molar-refractivity contribution in [2.75, 3.05) is 7.11 Å². The number of carbonyl (C=O) groups excluding carboxylic acids is 1. The van der Waals surface area contributed by atoms with Gasteiger partial charge in [0.05, 0.1) is 44.1 Å².